The van der Waals surface area contributed by atoms with Gasteiger partial charge in [-0.25, -0.2) is 0 Å². The standard InChI is InChI=1S/C12H27NSi/c1-7-9-14(6,11-12(2)3)10-8-13(4)5/h2,7-11H2,1,3-6H3. The van der Waals surface area contributed by atoms with Crippen molar-refractivity contribution in [2.75, 3.05) is 20.6 Å². The second-order valence-corrected chi connectivity index (χ2v) is 10.2. The van der Waals surface area contributed by atoms with Gasteiger partial charge in [0.1, 0.15) is 0 Å². The zero-order valence-corrected chi connectivity index (χ0v) is 11.7. The number of allylic oxidation sites excluding steroid dienone is 1. The fourth-order valence-corrected chi connectivity index (χ4v) is 6.38. The van der Waals surface area contributed by atoms with E-state index in [-0.39, 0.29) is 0 Å². The Hall–Kier alpha value is -0.0831. The molecular weight excluding hydrogens is 186 g/mol. The van der Waals surface area contributed by atoms with Crippen LogP contribution in [0.15, 0.2) is 12.2 Å². The fraction of sp³-hybridized carbons (Fsp3) is 0.833. The molecule has 0 N–H and O–H groups in total. The maximum Gasteiger partial charge on any atom is 0.0557 e. The van der Waals surface area contributed by atoms with E-state index in [0.29, 0.717) is 0 Å². The summed E-state index contributed by atoms with van der Waals surface area (Å²) >= 11 is 0. The minimum absolute atomic E-state index is 1.02. The van der Waals surface area contributed by atoms with E-state index in [9.17, 15) is 0 Å². The van der Waals surface area contributed by atoms with Gasteiger partial charge in [0.15, 0.2) is 0 Å². The Morgan fingerprint density at radius 3 is 2.21 bits per heavy atom. The molecule has 0 spiro atoms. The summed E-state index contributed by atoms with van der Waals surface area (Å²) in [6.45, 7) is 12.3. The lowest BCUT2D eigenvalue weighted by Gasteiger charge is -2.28. The molecule has 0 aliphatic carbocycles. The first kappa shape index (κ1) is 13.9. The Kier molecular flexibility index (Phi) is 6.37. The van der Waals surface area contributed by atoms with Gasteiger partial charge in [-0.2, -0.15) is 0 Å². The van der Waals surface area contributed by atoms with Crippen LogP contribution < -0.4 is 0 Å². The molecule has 0 radical (unpaired) electrons. The van der Waals surface area contributed by atoms with Gasteiger partial charge < -0.3 is 4.90 Å². The van der Waals surface area contributed by atoms with Crippen LogP contribution in [0.4, 0.5) is 0 Å². The molecule has 0 aliphatic heterocycles. The van der Waals surface area contributed by atoms with Crippen molar-refractivity contribution in [3.63, 3.8) is 0 Å². The van der Waals surface area contributed by atoms with Gasteiger partial charge in [0, 0.05) is 0 Å². The molecule has 1 atom stereocenters. The molecule has 0 bridgehead atoms. The van der Waals surface area contributed by atoms with E-state index in [4.69, 9.17) is 0 Å². The molecule has 0 aromatic heterocycles. The third-order valence-electron chi connectivity index (χ3n) is 2.74. The van der Waals surface area contributed by atoms with Gasteiger partial charge in [-0.3, -0.25) is 0 Å². The first-order valence-corrected chi connectivity index (χ1v) is 8.81. The van der Waals surface area contributed by atoms with Gasteiger partial charge >= 0.3 is 0 Å². The van der Waals surface area contributed by atoms with Crippen LogP contribution in [-0.2, 0) is 0 Å². The van der Waals surface area contributed by atoms with Crippen molar-refractivity contribution in [3.05, 3.63) is 12.2 Å². The Bertz CT molecular complexity index is 177. The molecule has 0 fully saturated rings. The van der Waals surface area contributed by atoms with E-state index < -0.39 is 8.07 Å². The van der Waals surface area contributed by atoms with Gasteiger partial charge in [-0.05, 0) is 39.7 Å². The van der Waals surface area contributed by atoms with Crippen LogP contribution in [0, 0.1) is 0 Å². The van der Waals surface area contributed by atoms with Crippen LogP contribution in [0.2, 0.25) is 24.7 Å². The smallest absolute Gasteiger partial charge is 0.0557 e. The predicted molar refractivity (Wildman–Crippen MR) is 69.7 cm³/mol. The maximum atomic E-state index is 4.07. The molecule has 14 heavy (non-hydrogen) atoms. The maximum absolute atomic E-state index is 4.07. The zero-order chi connectivity index (χ0) is 11.2. The van der Waals surface area contributed by atoms with E-state index >= 15 is 0 Å². The van der Waals surface area contributed by atoms with Gasteiger partial charge in [0.25, 0.3) is 0 Å². The average molecular weight is 213 g/mol. The first-order valence-electron chi connectivity index (χ1n) is 5.69. The summed E-state index contributed by atoms with van der Waals surface area (Å²) in [7, 11) is 3.32. The van der Waals surface area contributed by atoms with E-state index in [0.717, 1.165) is 0 Å². The summed E-state index contributed by atoms with van der Waals surface area (Å²) < 4.78 is 0. The number of rotatable bonds is 7. The van der Waals surface area contributed by atoms with Crippen molar-refractivity contribution in [3.8, 4) is 0 Å². The van der Waals surface area contributed by atoms with Gasteiger partial charge in [-0.15, -0.1) is 6.58 Å². The molecule has 0 saturated heterocycles. The monoisotopic (exact) mass is 213 g/mol. The van der Waals surface area contributed by atoms with Gasteiger partial charge in [0.05, 0.1) is 8.07 Å². The molecule has 0 aromatic carbocycles. The lowest BCUT2D eigenvalue weighted by molar-refractivity contribution is 0.430. The van der Waals surface area contributed by atoms with Crippen molar-refractivity contribution >= 4 is 8.07 Å². The Morgan fingerprint density at radius 1 is 1.29 bits per heavy atom. The van der Waals surface area contributed by atoms with Crippen LogP contribution in [0.3, 0.4) is 0 Å². The largest absolute Gasteiger partial charge is 0.310 e. The Labute approximate surface area is 91.2 Å². The molecule has 84 valence electrons. The minimum Gasteiger partial charge on any atom is -0.310 e. The summed E-state index contributed by atoms with van der Waals surface area (Å²) in [4.78, 5) is 2.30. The molecule has 0 heterocycles. The summed E-state index contributed by atoms with van der Waals surface area (Å²) in [5.41, 5.74) is 1.38. The average Bonchev–Trinajstić information content (AvgIpc) is 2.00. The number of hydrogen-bond acceptors (Lipinski definition) is 1. The SMILES string of the molecule is C=C(C)C[Si](C)(CCC)CCN(C)C. The summed E-state index contributed by atoms with van der Waals surface area (Å²) in [5.74, 6) is 0. The van der Waals surface area contributed by atoms with Crippen molar-refractivity contribution in [2.45, 2.75) is 44.9 Å². The van der Waals surface area contributed by atoms with E-state index in [2.05, 4.69) is 46.0 Å². The normalized spacial score (nSPS) is 15.6. The molecule has 0 aromatic rings. The summed E-state index contributed by atoms with van der Waals surface area (Å²) in [5, 5.41) is 0. The van der Waals surface area contributed by atoms with E-state index in [1.165, 1.54) is 36.7 Å². The van der Waals surface area contributed by atoms with E-state index in [1.54, 1.807) is 0 Å². The van der Waals surface area contributed by atoms with Crippen molar-refractivity contribution in [1.29, 1.82) is 0 Å². The minimum atomic E-state index is -1.02. The topological polar surface area (TPSA) is 3.24 Å². The Morgan fingerprint density at radius 2 is 1.86 bits per heavy atom. The van der Waals surface area contributed by atoms with Crippen molar-refractivity contribution < 1.29 is 0 Å². The van der Waals surface area contributed by atoms with Crippen LogP contribution in [0.1, 0.15) is 20.3 Å². The fourth-order valence-electron chi connectivity index (χ4n) is 2.13. The highest BCUT2D eigenvalue weighted by Gasteiger charge is 2.25. The Balaban J connectivity index is 4.15. The molecule has 1 nitrogen and oxygen atoms in total. The molecule has 2 heteroatoms. The predicted octanol–water partition coefficient (Wildman–Crippen LogP) is 3.61. The molecule has 0 saturated carbocycles. The third kappa shape index (κ3) is 6.38. The highest BCUT2D eigenvalue weighted by molar-refractivity contribution is 6.79. The zero-order valence-electron chi connectivity index (χ0n) is 10.7. The molecule has 0 rings (SSSR count). The molecule has 0 aliphatic rings. The van der Waals surface area contributed by atoms with Crippen LogP contribution in [0.5, 0.6) is 0 Å². The summed E-state index contributed by atoms with van der Waals surface area (Å²) in [6, 6.07) is 4.18. The van der Waals surface area contributed by atoms with Gasteiger partial charge in [-0.1, -0.05) is 31.5 Å². The second-order valence-electron chi connectivity index (χ2n) is 5.25. The first-order chi connectivity index (χ1) is 6.39. The van der Waals surface area contributed by atoms with Crippen molar-refractivity contribution in [1.82, 2.24) is 4.90 Å². The van der Waals surface area contributed by atoms with Crippen LogP contribution in [0.25, 0.3) is 0 Å². The quantitative estimate of drug-likeness (QED) is 0.461. The van der Waals surface area contributed by atoms with Crippen molar-refractivity contribution in [2.24, 2.45) is 0 Å². The highest BCUT2D eigenvalue weighted by Crippen LogP contribution is 2.25. The van der Waals surface area contributed by atoms with Crippen LogP contribution >= 0.6 is 0 Å². The number of hydrogen-bond donors (Lipinski definition) is 0. The third-order valence-corrected chi connectivity index (χ3v) is 7.34. The van der Waals surface area contributed by atoms with Crippen LogP contribution in [-0.4, -0.2) is 33.6 Å². The lowest BCUT2D eigenvalue weighted by Crippen LogP contribution is -2.33. The lowest BCUT2D eigenvalue weighted by atomic mass is 10.4. The molecular formula is C12H27NSi. The second kappa shape index (κ2) is 6.41. The number of nitrogens with zero attached hydrogens (tertiary/aromatic N) is 1. The summed E-state index contributed by atoms with van der Waals surface area (Å²) in [6.07, 6.45) is 1.34. The van der Waals surface area contributed by atoms with E-state index in [1.807, 2.05) is 0 Å². The molecule has 0 amide bonds. The van der Waals surface area contributed by atoms with Gasteiger partial charge in [0.2, 0.25) is 0 Å². The highest BCUT2D eigenvalue weighted by atomic mass is 28.3. The molecule has 1 unspecified atom stereocenters.